The maximum absolute atomic E-state index is 13.1. The van der Waals surface area contributed by atoms with E-state index in [1.807, 2.05) is 18.2 Å². The largest absolute Gasteiger partial charge is 0.457 e. The fourth-order valence-electron chi connectivity index (χ4n) is 2.78. The molecule has 0 saturated heterocycles. The van der Waals surface area contributed by atoms with Crippen LogP contribution in [0.1, 0.15) is 33.2 Å². The van der Waals surface area contributed by atoms with Crippen molar-refractivity contribution in [2.45, 2.75) is 13.5 Å². The SMILES string of the molecule is CC(=O)N(Cc1ccccc1C=O)C(=O)c1ccccc1Oc1ccccc1. The van der Waals surface area contributed by atoms with Gasteiger partial charge in [-0.1, -0.05) is 54.6 Å². The van der Waals surface area contributed by atoms with Gasteiger partial charge < -0.3 is 4.74 Å². The lowest BCUT2D eigenvalue weighted by Gasteiger charge is -2.21. The minimum atomic E-state index is -0.486. The zero-order valence-electron chi connectivity index (χ0n) is 15.4. The number of hydrogen-bond acceptors (Lipinski definition) is 4. The molecule has 0 N–H and O–H groups in total. The summed E-state index contributed by atoms with van der Waals surface area (Å²) >= 11 is 0. The molecule has 5 nitrogen and oxygen atoms in total. The average molecular weight is 373 g/mol. The van der Waals surface area contributed by atoms with Gasteiger partial charge in [0.1, 0.15) is 17.8 Å². The Morgan fingerprint density at radius 2 is 1.54 bits per heavy atom. The number of benzene rings is 3. The Kier molecular flexibility index (Phi) is 5.97. The van der Waals surface area contributed by atoms with Crippen LogP contribution < -0.4 is 4.74 Å². The third-order valence-corrected chi connectivity index (χ3v) is 4.22. The zero-order valence-corrected chi connectivity index (χ0v) is 15.4. The van der Waals surface area contributed by atoms with Crippen molar-refractivity contribution in [3.05, 3.63) is 95.6 Å². The van der Waals surface area contributed by atoms with Gasteiger partial charge in [0.25, 0.3) is 5.91 Å². The molecule has 0 fully saturated rings. The number of amides is 2. The van der Waals surface area contributed by atoms with Crippen molar-refractivity contribution in [2.24, 2.45) is 0 Å². The molecule has 0 radical (unpaired) electrons. The molecular weight excluding hydrogens is 354 g/mol. The average Bonchev–Trinajstić information content (AvgIpc) is 2.72. The van der Waals surface area contributed by atoms with Gasteiger partial charge in [0.2, 0.25) is 5.91 Å². The van der Waals surface area contributed by atoms with Crippen molar-refractivity contribution in [2.75, 3.05) is 0 Å². The van der Waals surface area contributed by atoms with Crippen LogP contribution in [0, 0.1) is 0 Å². The number of carbonyl (C=O) groups excluding carboxylic acids is 3. The molecule has 5 heteroatoms. The molecule has 0 atom stereocenters. The summed E-state index contributed by atoms with van der Waals surface area (Å²) in [5, 5.41) is 0. The summed E-state index contributed by atoms with van der Waals surface area (Å²) in [6.45, 7) is 1.32. The van der Waals surface area contributed by atoms with E-state index in [4.69, 9.17) is 4.74 Å². The summed E-state index contributed by atoms with van der Waals surface area (Å²) in [5.74, 6) is 0.0389. The number of nitrogens with zero attached hydrogens (tertiary/aromatic N) is 1. The lowest BCUT2D eigenvalue weighted by atomic mass is 10.1. The van der Waals surface area contributed by atoms with Crippen LogP contribution in [0.25, 0.3) is 0 Å². The molecule has 0 aliphatic carbocycles. The van der Waals surface area contributed by atoms with Crippen LogP contribution in [0.2, 0.25) is 0 Å². The Balaban J connectivity index is 1.92. The van der Waals surface area contributed by atoms with E-state index in [-0.39, 0.29) is 12.1 Å². The molecule has 0 aromatic heterocycles. The Hall–Kier alpha value is -3.73. The second-order valence-electron chi connectivity index (χ2n) is 6.14. The van der Waals surface area contributed by atoms with Crippen LogP contribution >= 0.6 is 0 Å². The summed E-state index contributed by atoms with van der Waals surface area (Å²) in [6.07, 6.45) is 0.713. The van der Waals surface area contributed by atoms with Crippen molar-refractivity contribution in [3.63, 3.8) is 0 Å². The topological polar surface area (TPSA) is 63.7 Å². The molecule has 0 aliphatic rings. The second kappa shape index (κ2) is 8.77. The monoisotopic (exact) mass is 373 g/mol. The minimum Gasteiger partial charge on any atom is -0.457 e. The lowest BCUT2D eigenvalue weighted by molar-refractivity contribution is -0.126. The Bertz CT molecular complexity index is 998. The molecular formula is C23H19NO4. The van der Waals surface area contributed by atoms with Gasteiger partial charge in [0, 0.05) is 12.5 Å². The number of aldehydes is 1. The van der Waals surface area contributed by atoms with Gasteiger partial charge in [-0.25, -0.2) is 0 Å². The summed E-state index contributed by atoms with van der Waals surface area (Å²) in [7, 11) is 0. The standard InChI is InChI=1S/C23H19NO4/c1-17(26)24(15-18-9-5-6-10-19(18)16-25)23(27)21-13-7-8-14-22(21)28-20-11-3-2-4-12-20/h2-14,16H,15H2,1H3. The summed E-state index contributed by atoms with van der Waals surface area (Å²) in [4.78, 5) is 37.7. The molecule has 0 spiro atoms. The molecule has 140 valence electrons. The van der Waals surface area contributed by atoms with Gasteiger partial charge in [-0.2, -0.15) is 0 Å². The number of hydrogen-bond donors (Lipinski definition) is 0. The quantitative estimate of drug-likeness (QED) is 0.598. The van der Waals surface area contributed by atoms with Gasteiger partial charge >= 0.3 is 0 Å². The summed E-state index contributed by atoms with van der Waals surface area (Å²) < 4.78 is 5.84. The summed E-state index contributed by atoms with van der Waals surface area (Å²) in [5.41, 5.74) is 1.31. The first-order valence-corrected chi connectivity index (χ1v) is 8.77. The van der Waals surface area contributed by atoms with Gasteiger partial charge in [0.05, 0.1) is 12.1 Å². The second-order valence-corrected chi connectivity index (χ2v) is 6.14. The third-order valence-electron chi connectivity index (χ3n) is 4.22. The van der Waals surface area contributed by atoms with Crippen LogP contribution in [-0.2, 0) is 11.3 Å². The van der Waals surface area contributed by atoms with Crippen molar-refractivity contribution >= 4 is 18.1 Å². The number of rotatable bonds is 6. The van der Waals surface area contributed by atoms with E-state index >= 15 is 0 Å². The third kappa shape index (κ3) is 4.32. The Morgan fingerprint density at radius 3 is 2.25 bits per heavy atom. The van der Waals surface area contributed by atoms with Gasteiger partial charge in [0.15, 0.2) is 0 Å². The first-order valence-electron chi connectivity index (χ1n) is 8.77. The van der Waals surface area contributed by atoms with Gasteiger partial charge in [-0.05, 0) is 29.8 Å². The van der Waals surface area contributed by atoms with Crippen LogP contribution in [0.5, 0.6) is 11.5 Å². The first-order chi connectivity index (χ1) is 13.6. The van der Waals surface area contributed by atoms with Crippen LogP contribution in [0.3, 0.4) is 0 Å². The zero-order chi connectivity index (χ0) is 19.9. The van der Waals surface area contributed by atoms with Crippen LogP contribution in [0.15, 0.2) is 78.9 Å². The number of imide groups is 1. The van der Waals surface area contributed by atoms with Gasteiger partial charge in [-0.15, -0.1) is 0 Å². The van der Waals surface area contributed by atoms with Crippen LogP contribution in [0.4, 0.5) is 0 Å². The maximum atomic E-state index is 13.1. The lowest BCUT2D eigenvalue weighted by Crippen LogP contribution is -2.35. The van der Waals surface area contributed by atoms with E-state index in [1.165, 1.54) is 6.92 Å². The van der Waals surface area contributed by atoms with E-state index in [0.29, 0.717) is 28.9 Å². The molecule has 0 heterocycles. The highest BCUT2D eigenvalue weighted by molar-refractivity contribution is 6.05. The predicted molar refractivity (Wildman–Crippen MR) is 105 cm³/mol. The fourth-order valence-corrected chi connectivity index (χ4v) is 2.78. The molecule has 3 aromatic carbocycles. The maximum Gasteiger partial charge on any atom is 0.264 e. The number of para-hydroxylation sites is 2. The normalized spacial score (nSPS) is 10.2. The molecule has 2 amide bonds. The highest BCUT2D eigenvalue weighted by Crippen LogP contribution is 2.27. The highest BCUT2D eigenvalue weighted by atomic mass is 16.5. The molecule has 3 aromatic rings. The molecule has 3 rings (SSSR count). The Labute approximate surface area is 163 Å². The first kappa shape index (κ1) is 19.0. The fraction of sp³-hybridized carbons (Fsp3) is 0.0870. The smallest absolute Gasteiger partial charge is 0.264 e. The van der Waals surface area contributed by atoms with Gasteiger partial charge in [-0.3, -0.25) is 19.3 Å². The molecule has 0 bridgehead atoms. The van der Waals surface area contributed by atoms with Crippen molar-refractivity contribution in [1.82, 2.24) is 4.90 Å². The predicted octanol–water partition coefficient (Wildman–Crippen LogP) is 4.48. The van der Waals surface area contributed by atoms with E-state index in [1.54, 1.807) is 60.7 Å². The molecule has 28 heavy (non-hydrogen) atoms. The van der Waals surface area contributed by atoms with E-state index in [0.717, 1.165) is 4.90 Å². The van der Waals surface area contributed by atoms with Crippen molar-refractivity contribution < 1.29 is 19.1 Å². The number of ether oxygens (including phenoxy) is 1. The van der Waals surface area contributed by atoms with Crippen molar-refractivity contribution in [3.8, 4) is 11.5 Å². The van der Waals surface area contributed by atoms with Crippen LogP contribution in [-0.4, -0.2) is 23.0 Å². The van der Waals surface area contributed by atoms with E-state index in [9.17, 15) is 14.4 Å². The molecule has 0 aliphatic heterocycles. The Morgan fingerprint density at radius 1 is 0.893 bits per heavy atom. The molecule has 0 saturated carbocycles. The number of carbonyl (C=O) groups is 3. The molecule has 0 unspecified atom stereocenters. The minimum absolute atomic E-state index is 0.00273. The van der Waals surface area contributed by atoms with E-state index in [2.05, 4.69) is 0 Å². The van der Waals surface area contributed by atoms with E-state index < -0.39 is 11.8 Å². The summed E-state index contributed by atoms with van der Waals surface area (Å²) in [6, 6.07) is 22.7. The van der Waals surface area contributed by atoms with Crippen molar-refractivity contribution in [1.29, 1.82) is 0 Å². The highest BCUT2D eigenvalue weighted by Gasteiger charge is 2.24.